The van der Waals surface area contributed by atoms with Crippen LogP contribution >= 0.6 is 0 Å². The highest BCUT2D eigenvalue weighted by atomic mass is 16.5. The number of hydrogen-bond acceptors (Lipinski definition) is 3. The summed E-state index contributed by atoms with van der Waals surface area (Å²) >= 11 is 0. The number of aromatic amines is 1. The Kier molecular flexibility index (Phi) is 3.69. The van der Waals surface area contributed by atoms with Crippen molar-refractivity contribution in [2.24, 2.45) is 0 Å². The fraction of sp³-hybridized carbons (Fsp3) is 0.263. The lowest BCUT2D eigenvalue weighted by molar-refractivity contribution is -0.128. The van der Waals surface area contributed by atoms with Gasteiger partial charge in [0.15, 0.2) is 0 Å². The second-order valence-corrected chi connectivity index (χ2v) is 6.16. The van der Waals surface area contributed by atoms with Gasteiger partial charge in [-0.3, -0.25) is 4.79 Å². The van der Waals surface area contributed by atoms with Crippen LogP contribution < -0.4 is 4.74 Å². The van der Waals surface area contributed by atoms with E-state index in [9.17, 15) is 4.79 Å². The maximum absolute atomic E-state index is 12.4. The van der Waals surface area contributed by atoms with Crippen molar-refractivity contribution >= 4 is 16.9 Å². The Morgan fingerprint density at radius 2 is 2.00 bits per heavy atom. The van der Waals surface area contributed by atoms with Gasteiger partial charge in [-0.1, -0.05) is 24.3 Å². The predicted octanol–water partition coefficient (Wildman–Crippen LogP) is 3.09. The number of para-hydroxylation sites is 2. The Morgan fingerprint density at radius 3 is 2.75 bits per heavy atom. The average Bonchev–Trinajstić information content (AvgIpc) is 3.19. The van der Waals surface area contributed by atoms with E-state index < -0.39 is 0 Å². The molecule has 1 aromatic heterocycles. The molecule has 1 unspecified atom stereocenters. The van der Waals surface area contributed by atoms with Crippen LogP contribution in [0.5, 0.6) is 5.75 Å². The van der Waals surface area contributed by atoms with Gasteiger partial charge in [0.2, 0.25) is 5.91 Å². The molecule has 1 aliphatic heterocycles. The van der Waals surface area contributed by atoms with E-state index in [1.165, 1.54) is 0 Å². The van der Waals surface area contributed by atoms with Crippen LogP contribution in [0, 0.1) is 0 Å². The molecule has 1 amide bonds. The number of amides is 1. The molecular formula is C19H19N3O2. The summed E-state index contributed by atoms with van der Waals surface area (Å²) in [5, 5.41) is 0. The fourth-order valence-corrected chi connectivity index (χ4v) is 3.23. The standard InChI is InChI=1S/C19H19N3O2/c1-24-15-8-6-13(7-9-15)11-22-12-14(10-18(22)23)19-20-16-4-2-3-5-17(16)21-19/h2-9,14H,10-12H2,1H3,(H,20,21). The van der Waals surface area contributed by atoms with Gasteiger partial charge in [-0.2, -0.15) is 0 Å². The maximum Gasteiger partial charge on any atom is 0.223 e. The summed E-state index contributed by atoms with van der Waals surface area (Å²) in [4.78, 5) is 22.3. The molecule has 1 fully saturated rings. The number of benzene rings is 2. The minimum atomic E-state index is 0.128. The fourth-order valence-electron chi connectivity index (χ4n) is 3.23. The van der Waals surface area contributed by atoms with E-state index in [-0.39, 0.29) is 11.8 Å². The molecule has 4 rings (SSSR count). The van der Waals surface area contributed by atoms with E-state index in [2.05, 4.69) is 9.97 Å². The first-order valence-electron chi connectivity index (χ1n) is 8.08. The van der Waals surface area contributed by atoms with Crippen LogP contribution in [0.2, 0.25) is 0 Å². The summed E-state index contributed by atoms with van der Waals surface area (Å²) in [7, 11) is 1.65. The second kappa shape index (κ2) is 6.00. The third-order valence-corrected chi connectivity index (χ3v) is 4.54. The largest absolute Gasteiger partial charge is 0.497 e. The number of nitrogens with zero attached hydrogens (tertiary/aromatic N) is 2. The first kappa shape index (κ1) is 14.8. The number of rotatable bonds is 4. The van der Waals surface area contributed by atoms with E-state index in [1.807, 2.05) is 53.4 Å². The number of aromatic nitrogens is 2. The van der Waals surface area contributed by atoms with Crippen molar-refractivity contribution in [3.05, 3.63) is 59.9 Å². The van der Waals surface area contributed by atoms with Gasteiger partial charge in [-0.15, -0.1) is 0 Å². The van der Waals surface area contributed by atoms with Gasteiger partial charge < -0.3 is 14.6 Å². The Morgan fingerprint density at radius 1 is 1.21 bits per heavy atom. The Hall–Kier alpha value is -2.82. The van der Waals surface area contributed by atoms with E-state index in [0.29, 0.717) is 19.5 Å². The second-order valence-electron chi connectivity index (χ2n) is 6.16. The van der Waals surface area contributed by atoms with Crippen LogP contribution in [0.4, 0.5) is 0 Å². The summed E-state index contributed by atoms with van der Waals surface area (Å²) in [6, 6.07) is 15.8. The van der Waals surface area contributed by atoms with Gasteiger partial charge in [0, 0.05) is 25.4 Å². The van der Waals surface area contributed by atoms with Crippen LogP contribution in [0.1, 0.15) is 23.7 Å². The topological polar surface area (TPSA) is 58.2 Å². The van der Waals surface area contributed by atoms with Crippen molar-refractivity contribution in [2.75, 3.05) is 13.7 Å². The number of hydrogen-bond donors (Lipinski definition) is 1. The Bertz CT molecular complexity index is 837. The normalized spacial score (nSPS) is 17.6. The van der Waals surface area contributed by atoms with Gasteiger partial charge in [-0.05, 0) is 29.8 Å². The minimum Gasteiger partial charge on any atom is -0.497 e. The lowest BCUT2D eigenvalue weighted by Gasteiger charge is -2.16. The quantitative estimate of drug-likeness (QED) is 0.803. The van der Waals surface area contributed by atoms with Crippen LogP contribution in [0.3, 0.4) is 0 Å². The molecule has 0 saturated carbocycles. The van der Waals surface area contributed by atoms with Crippen molar-refractivity contribution < 1.29 is 9.53 Å². The molecule has 5 heteroatoms. The molecule has 2 aromatic carbocycles. The summed E-state index contributed by atoms with van der Waals surface area (Å²) < 4.78 is 5.17. The molecule has 122 valence electrons. The van der Waals surface area contributed by atoms with Crippen LogP contribution in [0.25, 0.3) is 11.0 Å². The highest BCUT2D eigenvalue weighted by Gasteiger charge is 2.32. The molecular weight excluding hydrogens is 302 g/mol. The number of carbonyl (C=O) groups is 1. The lowest BCUT2D eigenvalue weighted by Crippen LogP contribution is -2.24. The van der Waals surface area contributed by atoms with Crippen molar-refractivity contribution in [3.63, 3.8) is 0 Å². The number of imidazole rings is 1. The Balaban J connectivity index is 1.49. The number of ether oxygens (including phenoxy) is 1. The molecule has 0 aliphatic carbocycles. The summed E-state index contributed by atoms with van der Waals surface area (Å²) in [6.45, 7) is 1.32. The van der Waals surface area contributed by atoms with Gasteiger partial charge in [0.05, 0.1) is 18.1 Å². The van der Waals surface area contributed by atoms with E-state index in [1.54, 1.807) is 7.11 Å². The first-order valence-corrected chi connectivity index (χ1v) is 8.08. The van der Waals surface area contributed by atoms with E-state index in [4.69, 9.17) is 4.74 Å². The van der Waals surface area contributed by atoms with Crippen molar-refractivity contribution in [2.45, 2.75) is 18.9 Å². The maximum atomic E-state index is 12.4. The number of nitrogens with one attached hydrogen (secondary N) is 1. The number of carbonyl (C=O) groups excluding carboxylic acids is 1. The molecule has 24 heavy (non-hydrogen) atoms. The average molecular weight is 321 g/mol. The van der Waals surface area contributed by atoms with Crippen LogP contribution in [0.15, 0.2) is 48.5 Å². The molecule has 0 radical (unpaired) electrons. The molecule has 1 aliphatic rings. The first-order chi connectivity index (χ1) is 11.7. The smallest absolute Gasteiger partial charge is 0.223 e. The summed E-state index contributed by atoms with van der Waals surface area (Å²) in [6.07, 6.45) is 0.510. The van der Waals surface area contributed by atoms with Crippen LogP contribution in [-0.4, -0.2) is 34.4 Å². The summed E-state index contributed by atoms with van der Waals surface area (Å²) in [5.41, 5.74) is 3.08. The summed E-state index contributed by atoms with van der Waals surface area (Å²) in [5.74, 6) is 2.04. The predicted molar refractivity (Wildman–Crippen MR) is 91.9 cm³/mol. The lowest BCUT2D eigenvalue weighted by atomic mass is 10.1. The van der Waals surface area contributed by atoms with E-state index in [0.717, 1.165) is 28.2 Å². The van der Waals surface area contributed by atoms with Crippen molar-refractivity contribution in [3.8, 4) is 5.75 Å². The van der Waals surface area contributed by atoms with Crippen LogP contribution in [-0.2, 0) is 11.3 Å². The molecule has 5 nitrogen and oxygen atoms in total. The molecule has 0 spiro atoms. The molecule has 1 atom stereocenters. The molecule has 1 N–H and O–H groups in total. The zero-order valence-corrected chi connectivity index (χ0v) is 13.5. The monoisotopic (exact) mass is 321 g/mol. The Labute approximate surface area is 140 Å². The SMILES string of the molecule is COc1ccc(CN2CC(c3nc4ccccc4[nH]3)CC2=O)cc1. The molecule has 1 saturated heterocycles. The van der Waals surface area contributed by atoms with Gasteiger partial charge in [-0.25, -0.2) is 4.98 Å². The van der Waals surface area contributed by atoms with Crippen molar-refractivity contribution in [1.82, 2.24) is 14.9 Å². The number of likely N-dealkylation sites (tertiary alicyclic amines) is 1. The van der Waals surface area contributed by atoms with Gasteiger partial charge >= 0.3 is 0 Å². The number of fused-ring (bicyclic) bond motifs is 1. The third-order valence-electron chi connectivity index (χ3n) is 4.54. The molecule has 0 bridgehead atoms. The molecule has 2 heterocycles. The zero-order chi connectivity index (χ0) is 16.5. The number of H-pyrrole nitrogens is 1. The zero-order valence-electron chi connectivity index (χ0n) is 13.5. The highest BCUT2D eigenvalue weighted by molar-refractivity contribution is 5.80. The minimum absolute atomic E-state index is 0.128. The molecule has 3 aromatic rings. The van der Waals surface area contributed by atoms with Gasteiger partial charge in [0.25, 0.3) is 0 Å². The number of methoxy groups -OCH3 is 1. The third kappa shape index (κ3) is 2.73. The van der Waals surface area contributed by atoms with Crippen molar-refractivity contribution in [1.29, 1.82) is 0 Å². The van der Waals surface area contributed by atoms with E-state index >= 15 is 0 Å². The van der Waals surface area contributed by atoms with Gasteiger partial charge in [0.1, 0.15) is 11.6 Å². The highest BCUT2D eigenvalue weighted by Crippen LogP contribution is 2.29.